The minimum absolute atomic E-state index is 0.0538. The van der Waals surface area contributed by atoms with Crippen molar-refractivity contribution in [1.82, 2.24) is 5.32 Å². The van der Waals surface area contributed by atoms with E-state index in [0.717, 1.165) is 5.76 Å². The lowest BCUT2D eigenvalue weighted by Gasteiger charge is -2.33. The summed E-state index contributed by atoms with van der Waals surface area (Å²) in [5, 5.41) is 2.78. The summed E-state index contributed by atoms with van der Waals surface area (Å²) < 4.78 is 10.7. The highest BCUT2D eigenvalue weighted by atomic mass is 16.5. The molecule has 1 aromatic heterocycles. The molecule has 1 fully saturated rings. The zero-order chi connectivity index (χ0) is 10.0. The van der Waals surface area contributed by atoms with Crippen molar-refractivity contribution in [2.45, 2.75) is 18.9 Å². The molecule has 1 aliphatic heterocycles. The first kappa shape index (κ1) is 9.27. The minimum Gasteiger partial charge on any atom is -0.469 e. The number of carbonyl (C=O) groups excluding carboxylic acids is 1. The van der Waals surface area contributed by atoms with Crippen LogP contribution >= 0.6 is 0 Å². The highest BCUT2D eigenvalue weighted by molar-refractivity contribution is 5.77. The zero-order valence-corrected chi connectivity index (χ0v) is 8.08. The molecule has 76 valence electrons. The van der Waals surface area contributed by atoms with Crippen LogP contribution in [-0.4, -0.2) is 24.7 Å². The number of rotatable bonds is 2. The van der Waals surface area contributed by atoms with Crippen molar-refractivity contribution >= 4 is 5.91 Å². The Balaban J connectivity index is 1.99. The average molecular weight is 195 g/mol. The summed E-state index contributed by atoms with van der Waals surface area (Å²) in [5.74, 6) is 0.825. The first-order chi connectivity index (χ1) is 6.68. The van der Waals surface area contributed by atoms with Gasteiger partial charge >= 0.3 is 0 Å². The first-order valence-electron chi connectivity index (χ1n) is 4.61. The van der Waals surface area contributed by atoms with Gasteiger partial charge in [0, 0.05) is 13.0 Å². The zero-order valence-electron chi connectivity index (χ0n) is 8.08. The molecule has 1 unspecified atom stereocenters. The molecule has 4 nitrogen and oxygen atoms in total. The molecule has 1 atom stereocenters. The van der Waals surface area contributed by atoms with Crippen molar-refractivity contribution < 1.29 is 13.9 Å². The molecule has 1 saturated heterocycles. The van der Waals surface area contributed by atoms with Crippen molar-refractivity contribution in [3.8, 4) is 0 Å². The molecule has 0 radical (unpaired) electrons. The molecule has 4 heteroatoms. The van der Waals surface area contributed by atoms with Crippen molar-refractivity contribution in [3.63, 3.8) is 0 Å². The van der Waals surface area contributed by atoms with Crippen LogP contribution in [0.2, 0.25) is 0 Å². The molecule has 0 spiro atoms. The Morgan fingerprint density at radius 3 is 3.07 bits per heavy atom. The molecule has 0 aromatic carbocycles. The van der Waals surface area contributed by atoms with Gasteiger partial charge < -0.3 is 14.5 Å². The van der Waals surface area contributed by atoms with Gasteiger partial charge in [0.25, 0.3) is 0 Å². The summed E-state index contributed by atoms with van der Waals surface area (Å²) >= 11 is 0. The van der Waals surface area contributed by atoms with Gasteiger partial charge in [0.15, 0.2) is 0 Å². The molecular formula is C10H13NO3. The number of furan rings is 1. The van der Waals surface area contributed by atoms with Gasteiger partial charge in [-0.25, -0.2) is 0 Å². The fourth-order valence-corrected chi connectivity index (χ4v) is 1.52. The fraction of sp³-hybridized carbons (Fsp3) is 0.500. The lowest BCUT2D eigenvalue weighted by molar-refractivity contribution is -0.141. The summed E-state index contributed by atoms with van der Waals surface area (Å²) in [6.07, 6.45) is 2.32. The standard InChI is InChI=1S/C10H13NO3/c1-10(5-8-3-2-4-13-8)7-11-9(12)6-14-10/h2-4H,5-7H2,1H3,(H,11,12). The molecule has 14 heavy (non-hydrogen) atoms. The molecule has 2 rings (SSSR count). The predicted octanol–water partition coefficient (Wildman–Crippen LogP) is 0.727. The lowest BCUT2D eigenvalue weighted by atomic mass is 9.99. The van der Waals surface area contributed by atoms with E-state index in [0.29, 0.717) is 13.0 Å². The molecule has 1 aromatic rings. The average Bonchev–Trinajstić information content (AvgIpc) is 2.63. The second kappa shape index (κ2) is 3.46. The Bertz CT molecular complexity index is 308. The number of hydrogen-bond donors (Lipinski definition) is 1. The molecule has 0 aliphatic carbocycles. The SMILES string of the molecule is CC1(Cc2ccco2)CNC(=O)CO1. The molecule has 1 N–H and O–H groups in total. The summed E-state index contributed by atoms with van der Waals surface area (Å²) in [7, 11) is 0. The van der Waals surface area contributed by atoms with Gasteiger partial charge in [-0.05, 0) is 19.1 Å². The molecule has 1 amide bonds. The van der Waals surface area contributed by atoms with Crippen LogP contribution in [0.4, 0.5) is 0 Å². The van der Waals surface area contributed by atoms with Crippen LogP contribution in [0.3, 0.4) is 0 Å². The molecule has 1 aliphatic rings. The Hall–Kier alpha value is -1.29. The van der Waals surface area contributed by atoms with E-state index in [1.165, 1.54) is 0 Å². The summed E-state index contributed by atoms with van der Waals surface area (Å²) in [6, 6.07) is 3.76. The van der Waals surface area contributed by atoms with Gasteiger partial charge in [0.1, 0.15) is 12.4 Å². The van der Waals surface area contributed by atoms with Crippen LogP contribution in [0, 0.1) is 0 Å². The third-order valence-corrected chi connectivity index (χ3v) is 2.34. The van der Waals surface area contributed by atoms with E-state index in [-0.39, 0.29) is 18.1 Å². The van der Waals surface area contributed by atoms with Crippen LogP contribution in [0.25, 0.3) is 0 Å². The van der Waals surface area contributed by atoms with Gasteiger partial charge in [0.05, 0.1) is 11.9 Å². The predicted molar refractivity (Wildman–Crippen MR) is 49.8 cm³/mol. The highest BCUT2D eigenvalue weighted by Crippen LogP contribution is 2.19. The number of amides is 1. The van der Waals surface area contributed by atoms with Crippen molar-refractivity contribution in [2.75, 3.05) is 13.2 Å². The fourth-order valence-electron chi connectivity index (χ4n) is 1.52. The summed E-state index contributed by atoms with van der Waals surface area (Å²) in [6.45, 7) is 2.64. The smallest absolute Gasteiger partial charge is 0.246 e. The van der Waals surface area contributed by atoms with Gasteiger partial charge in [-0.15, -0.1) is 0 Å². The van der Waals surface area contributed by atoms with Crippen LogP contribution in [0.1, 0.15) is 12.7 Å². The summed E-state index contributed by atoms with van der Waals surface area (Å²) in [4.78, 5) is 10.9. The molecular weight excluding hydrogens is 182 g/mol. The van der Waals surface area contributed by atoms with Crippen LogP contribution in [0.5, 0.6) is 0 Å². The van der Waals surface area contributed by atoms with Crippen LogP contribution < -0.4 is 5.32 Å². The molecule has 0 bridgehead atoms. The lowest BCUT2D eigenvalue weighted by Crippen LogP contribution is -2.51. The van der Waals surface area contributed by atoms with Gasteiger partial charge in [-0.3, -0.25) is 4.79 Å². The highest BCUT2D eigenvalue weighted by Gasteiger charge is 2.31. The number of nitrogens with one attached hydrogen (secondary N) is 1. The normalized spacial score (nSPS) is 27.4. The van der Waals surface area contributed by atoms with Gasteiger partial charge in [-0.1, -0.05) is 0 Å². The first-order valence-corrected chi connectivity index (χ1v) is 4.61. The Kier molecular flexibility index (Phi) is 2.29. The number of morpholine rings is 1. The minimum atomic E-state index is -0.342. The monoisotopic (exact) mass is 195 g/mol. The van der Waals surface area contributed by atoms with Crippen molar-refractivity contribution in [1.29, 1.82) is 0 Å². The quantitative estimate of drug-likeness (QED) is 0.756. The Morgan fingerprint density at radius 2 is 2.50 bits per heavy atom. The second-order valence-corrected chi connectivity index (χ2v) is 3.77. The Labute approximate surface area is 82.2 Å². The Morgan fingerprint density at radius 1 is 1.64 bits per heavy atom. The third-order valence-electron chi connectivity index (χ3n) is 2.34. The van der Waals surface area contributed by atoms with Crippen molar-refractivity contribution in [3.05, 3.63) is 24.2 Å². The summed E-state index contributed by atoms with van der Waals surface area (Å²) in [5.41, 5.74) is -0.342. The van der Waals surface area contributed by atoms with E-state index in [2.05, 4.69) is 5.32 Å². The number of hydrogen-bond acceptors (Lipinski definition) is 3. The largest absolute Gasteiger partial charge is 0.469 e. The maximum Gasteiger partial charge on any atom is 0.246 e. The second-order valence-electron chi connectivity index (χ2n) is 3.77. The molecule has 2 heterocycles. The van der Waals surface area contributed by atoms with E-state index in [4.69, 9.17) is 9.15 Å². The molecule has 0 saturated carbocycles. The van der Waals surface area contributed by atoms with E-state index in [1.807, 2.05) is 19.1 Å². The van der Waals surface area contributed by atoms with E-state index < -0.39 is 0 Å². The maximum atomic E-state index is 10.9. The third kappa shape index (κ3) is 1.96. The van der Waals surface area contributed by atoms with Crippen molar-refractivity contribution in [2.24, 2.45) is 0 Å². The number of carbonyl (C=O) groups is 1. The topological polar surface area (TPSA) is 51.5 Å². The van der Waals surface area contributed by atoms with Crippen LogP contribution in [-0.2, 0) is 16.0 Å². The van der Waals surface area contributed by atoms with Crippen LogP contribution in [0.15, 0.2) is 22.8 Å². The van der Waals surface area contributed by atoms with E-state index in [9.17, 15) is 4.79 Å². The van der Waals surface area contributed by atoms with Gasteiger partial charge in [-0.2, -0.15) is 0 Å². The van der Waals surface area contributed by atoms with E-state index in [1.54, 1.807) is 6.26 Å². The van der Waals surface area contributed by atoms with Gasteiger partial charge in [0.2, 0.25) is 5.91 Å². The van der Waals surface area contributed by atoms with E-state index >= 15 is 0 Å². The maximum absolute atomic E-state index is 10.9. The number of ether oxygens (including phenoxy) is 1.